The van der Waals surface area contributed by atoms with Crippen molar-refractivity contribution in [2.45, 2.75) is 38.6 Å². The van der Waals surface area contributed by atoms with Gasteiger partial charge in [-0.2, -0.15) is 0 Å². The molecule has 24 heavy (non-hydrogen) atoms. The van der Waals surface area contributed by atoms with Crippen molar-refractivity contribution in [3.63, 3.8) is 0 Å². The highest BCUT2D eigenvalue weighted by atomic mass is 35.5. The molecule has 0 aliphatic carbocycles. The maximum absolute atomic E-state index is 3.48. The molecule has 0 aromatic heterocycles. The number of nitrogens with one attached hydrogen (secondary N) is 1. The largest absolute Gasteiger partial charge is 0.314 e. The summed E-state index contributed by atoms with van der Waals surface area (Å²) in [4.78, 5) is 2.68. The molecule has 0 amide bonds. The number of piperazine rings is 1. The third-order valence-corrected chi connectivity index (χ3v) is 4.83. The minimum absolute atomic E-state index is 0. The fourth-order valence-corrected chi connectivity index (χ4v) is 3.56. The van der Waals surface area contributed by atoms with Crippen LogP contribution in [0.1, 0.15) is 44.2 Å². The molecule has 0 saturated carbocycles. The van der Waals surface area contributed by atoms with Crippen molar-refractivity contribution in [1.82, 2.24) is 10.2 Å². The molecule has 1 atom stereocenters. The average molecular weight is 369 g/mol. The van der Waals surface area contributed by atoms with Gasteiger partial charge >= 0.3 is 0 Å². The lowest BCUT2D eigenvalue weighted by Gasteiger charge is -2.35. The fourth-order valence-electron chi connectivity index (χ4n) is 3.56. The topological polar surface area (TPSA) is 15.3 Å². The second-order valence-electron chi connectivity index (χ2n) is 6.40. The van der Waals surface area contributed by atoms with Crippen molar-refractivity contribution in [3.8, 4) is 0 Å². The van der Waals surface area contributed by atoms with Gasteiger partial charge in [0, 0.05) is 32.2 Å². The molecule has 2 aromatic rings. The van der Waals surface area contributed by atoms with Gasteiger partial charge in [0.2, 0.25) is 0 Å². The lowest BCUT2D eigenvalue weighted by Crippen LogP contribution is -2.45. The summed E-state index contributed by atoms with van der Waals surface area (Å²) in [6, 6.07) is 16.3. The Morgan fingerprint density at radius 3 is 2.38 bits per heavy atom. The Hall–Kier alpha value is -0.800. The summed E-state index contributed by atoms with van der Waals surface area (Å²) < 4.78 is 0. The molecule has 3 rings (SSSR count). The first-order chi connectivity index (χ1) is 10.9. The predicted molar refractivity (Wildman–Crippen MR) is 110 cm³/mol. The predicted octanol–water partition coefficient (Wildman–Crippen LogP) is 5.21. The SMILES string of the molecule is CCCCC[C@H](c1ccc2ccccc2c1)N1CCNCC1.Cl.Cl. The minimum Gasteiger partial charge on any atom is -0.314 e. The van der Waals surface area contributed by atoms with E-state index in [4.69, 9.17) is 0 Å². The van der Waals surface area contributed by atoms with Crippen LogP contribution in [-0.2, 0) is 0 Å². The quantitative estimate of drug-likeness (QED) is 0.703. The maximum Gasteiger partial charge on any atom is 0.0349 e. The van der Waals surface area contributed by atoms with Crippen LogP contribution >= 0.6 is 24.8 Å². The van der Waals surface area contributed by atoms with E-state index in [0.717, 1.165) is 13.1 Å². The Balaban J connectivity index is 0.00000144. The van der Waals surface area contributed by atoms with Crippen LogP contribution in [0.25, 0.3) is 10.8 Å². The first-order valence-electron chi connectivity index (χ1n) is 8.82. The number of unbranched alkanes of at least 4 members (excludes halogenated alkanes) is 2. The van der Waals surface area contributed by atoms with E-state index < -0.39 is 0 Å². The van der Waals surface area contributed by atoms with Crippen molar-refractivity contribution >= 4 is 35.6 Å². The van der Waals surface area contributed by atoms with Gasteiger partial charge < -0.3 is 5.32 Å². The van der Waals surface area contributed by atoms with Gasteiger partial charge in [-0.25, -0.2) is 0 Å². The average Bonchev–Trinajstić information content (AvgIpc) is 2.59. The van der Waals surface area contributed by atoms with Gasteiger partial charge in [-0.3, -0.25) is 4.90 Å². The molecule has 1 aliphatic rings. The van der Waals surface area contributed by atoms with Crippen LogP contribution in [0, 0.1) is 0 Å². The summed E-state index contributed by atoms with van der Waals surface area (Å²) in [5.74, 6) is 0. The molecule has 134 valence electrons. The third-order valence-electron chi connectivity index (χ3n) is 4.83. The molecule has 0 radical (unpaired) electrons. The van der Waals surface area contributed by atoms with Crippen LogP contribution in [0.15, 0.2) is 42.5 Å². The molecular weight excluding hydrogens is 339 g/mol. The van der Waals surface area contributed by atoms with Crippen LogP contribution in [-0.4, -0.2) is 31.1 Å². The molecule has 1 aliphatic heterocycles. The van der Waals surface area contributed by atoms with Crippen LogP contribution in [0.5, 0.6) is 0 Å². The highest BCUT2D eigenvalue weighted by Crippen LogP contribution is 2.29. The van der Waals surface area contributed by atoms with Crippen LogP contribution in [0.4, 0.5) is 0 Å². The van der Waals surface area contributed by atoms with Gasteiger partial charge in [-0.15, -0.1) is 24.8 Å². The van der Waals surface area contributed by atoms with E-state index in [1.54, 1.807) is 0 Å². The van der Waals surface area contributed by atoms with Gasteiger partial charge in [0.15, 0.2) is 0 Å². The summed E-state index contributed by atoms with van der Waals surface area (Å²) in [5.41, 5.74) is 1.50. The summed E-state index contributed by atoms with van der Waals surface area (Å²) >= 11 is 0. The molecule has 2 nitrogen and oxygen atoms in total. The summed E-state index contributed by atoms with van der Waals surface area (Å²) in [6.45, 7) is 6.87. The summed E-state index contributed by atoms with van der Waals surface area (Å²) in [7, 11) is 0. The van der Waals surface area contributed by atoms with Gasteiger partial charge in [0.05, 0.1) is 0 Å². The second-order valence-corrected chi connectivity index (χ2v) is 6.40. The van der Waals surface area contributed by atoms with Crippen molar-refractivity contribution < 1.29 is 0 Å². The van der Waals surface area contributed by atoms with E-state index in [9.17, 15) is 0 Å². The molecule has 1 N–H and O–H groups in total. The van der Waals surface area contributed by atoms with E-state index in [2.05, 4.69) is 59.6 Å². The number of halogens is 2. The van der Waals surface area contributed by atoms with Crippen molar-refractivity contribution in [3.05, 3.63) is 48.0 Å². The number of fused-ring (bicyclic) bond motifs is 1. The highest BCUT2D eigenvalue weighted by Gasteiger charge is 2.21. The molecule has 1 saturated heterocycles. The molecular formula is C20H30Cl2N2. The Morgan fingerprint density at radius 2 is 1.67 bits per heavy atom. The van der Waals surface area contributed by atoms with Gasteiger partial charge in [-0.05, 0) is 28.8 Å². The Labute approximate surface area is 158 Å². The van der Waals surface area contributed by atoms with Gasteiger partial charge in [0.1, 0.15) is 0 Å². The van der Waals surface area contributed by atoms with Crippen molar-refractivity contribution in [1.29, 1.82) is 0 Å². The van der Waals surface area contributed by atoms with E-state index in [1.165, 1.54) is 55.1 Å². The molecule has 0 unspecified atom stereocenters. The highest BCUT2D eigenvalue weighted by molar-refractivity contribution is 5.85. The number of hydrogen-bond donors (Lipinski definition) is 1. The smallest absolute Gasteiger partial charge is 0.0349 e. The zero-order valence-electron chi connectivity index (χ0n) is 14.5. The normalized spacial score (nSPS) is 16.2. The molecule has 1 fully saturated rings. The lowest BCUT2D eigenvalue weighted by molar-refractivity contribution is 0.163. The number of hydrogen-bond acceptors (Lipinski definition) is 2. The molecule has 1 heterocycles. The third kappa shape index (κ3) is 5.35. The second kappa shape index (κ2) is 10.9. The first kappa shape index (κ1) is 21.2. The van der Waals surface area contributed by atoms with E-state index in [1.807, 2.05) is 0 Å². The van der Waals surface area contributed by atoms with Crippen LogP contribution in [0.2, 0.25) is 0 Å². The number of nitrogens with zero attached hydrogens (tertiary/aromatic N) is 1. The Bertz CT molecular complexity index is 597. The Morgan fingerprint density at radius 1 is 0.958 bits per heavy atom. The molecule has 2 aromatic carbocycles. The summed E-state index contributed by atoms with van der Waals surface area (Å²) in [6.07, 6.45) is 5.26. The van der Waals surface area contributed by atoms with E-state index in [-0.39, 0.29) is 24.8 Å². The zero-order chi connectivity index (χ0) is 15.2. The standard InChI is InChI=1S/C20H28N2.2ClH/c1-2-3-4-9-20(22-14-12-21-13-15-22)19-11-10-17-7-5-6-8-18(17)16-19;;/h5-8,10-11,16,20-21H,2-4,9,12-15H2,1H3;2*1H/t20-;;/m1../s1. The van der Waals surface area contributed by atoms with Crippen molar-refractivity contribution in [2.75, 3.05) is 26.2 Å². The lowest BCUT2D eigenvalue weighted by atomic mass is 9.96. The van der Waals surface area contributed by atoms with Gasteiger partial charge in [0.25, 0.3) is 0 Å². The van der Waals surface area contributed by atoms with E-state index in [0.29, 0.717) is 6.04 Å². The minimum atomic E-state index is 0. The van der Waals surface area contributed by atoms with Crippen LogP contribution in [0.3, 0.4) is 0 Å². The van der Waals surface area contributed by atoms with Crippen molar-refractivity contribution in [2.24, 2.45) is 0 Å². The first-order valence-corrected chi connectivity index (χ1v) is 8.82. The van der Waals surface area contributed by atoms with Crippen LogP contribution < -0.4 is 5.32 Å². The Kier molecular flexibility index (Phi) is 9.68. The monoisotopic (exact) mass is 368 g/mol. The summed E-state index contributed by atoms with van der Waals surface area (Å²) in [5, 5.41) is 6.19. The van der Waals surface area contributed by atoms with E-state index >= 15 is 0 Å². The maximum atomic E-state index is 3.48. The molecule has 0 spiro atoms. The fraction of sp³-hybridized carbons (Fsp3) is 0.500. The molecule has 0 bridgehead atoms. The van der Waals surface area contributed by atoms with Gasteiger partial charge in [-0.1, -0.05) is 62.6 Å². The number of benzene rings is 2. The molecule has 4 heteroatoms. The zero-order valence-corrected chi connectivity index (χ0v) is 16.2. The number of rotatable bonds is 6.